The molecule has 3 unspecified atom stereocenters. The van der Waals surface area contributed by atoms with Crippen LogP contribution in [0, 0.1) is 11.8 Å². The lowest BCUT2D eigenvalue weighted by atomic mass is 9.85. The fourth-order valence-corrected chi connectivity index (χ4v) is 3.34. The molecule has 2 nitrogen and oxygen atoms in total. The quantitative estimate of drug-likeness (QED) is 0.774. The van der Waals surface area contributed by atoms with E-state index in [1.54, 1.807) is 0 Å². The van der Waals surface area contributed by atoms with Gasteiger partial charge < -0.3 is 10.6 Å². The van der Waals surface area contributed by atoms with Crippen LogP contribution < -0.4 is 5.73 Å². The van der Waals surface area contributed by atoms with Crippen LogP contribution in [-0.4, -0.2) is 30.6 Å². The summed E-state index contributed by atoms with van der Waals surface area (Å²) >= 11 is 0. The molecule has 2 aliphatic rings. The Kier molecular flexibility index (Phi) is 4.04. The van der Waals surface area contributed by atoms with Gasteiger partial charge in [-0.15, -0.1) is 0 Å². The Bertz CT molecular complexity index is 193. The van der Waals surface area contributed by atoms with E-state index in [0.29, 0.717) is 0 Å². The highest BCUT2D eigenvalue weighted by Gasteiger charge is 2.30. The van der Waals surface area contributed by atoms with Gasteiger partial charge >= 0.3 is 0 Å². The molecule has 1 aliphatic carbocycles. The SMILES string of the molecule is CCC1CCN(C2CCCC(CN)C2)C1. The van der Waals surface area contributed by atoms with Gasteiger partial charge in [0.25, 0.3) is 0 Å². The van der Waals surface area contributed by atoms with Crippen LogP contribution in [0.2, 0.25) is 0 Å². The zero-order valence-corrected chi connectivity index (χ0v) is 10.1. The van der Waals surface area contributed by atoms with Crippen LogP contribution >= 0.6 is 0 Å². The molecule has 2 N–H and O–H groups in total. The summed E-state index contributed by atoms with van der Waals surface area (Å²) in [4.78, 5) is 2.75. The molecule has 0 radical (unpaired) electrons. The lowest BCUT2D eigenvalue weighted by Gasteiger charge is -2.35. The third kappa shape index (κ3) is 2.73. The van der Waals surface area contributed by atoms with Crippen molar-refractivity contribution in [3.05, 3.63) is 0 Å². The van der Waals surface area contributed by atoms with Crippen molar-refractivity contribution >= 4 is 0 Å². The van der Waals surface area contributed by atoms with E-state index < -0.39 is 0 Å². The van der Waals surface area contributed by atoms with Crippen LogP contribution in [0.25, 0.3) is 0 Å². The Hall–Kier alpha value is -0.0800. The normalized spacial score (nSPS) is 38.4. The Morgan fingerprint density at radius 2 is 2.07 bits per heavy atom. The topological polar surface area (TPSA) is 29.3 Å². The lowest BCUT2D eigenvalue weighted by molar-refractivity contribution is 0.154. The van der Waals surface area contributed by atoms with Crippen molar-refractivity contribution in [2.24, 2.45) is 17.6 Å². The fraction of sp³-hybridized carbons (Fsp3) is 1.00. The number of nitrogens with zero attached hydrogens (tertiary/aromatic N) is 1. The summed E-state index contributed by atoms with van der Waals surface area (Å²) in [6, 6.07) is 0.865. The van der Waals surface area contributed by atoms with Crippen LogP contribution in [0.5, 0.6) is 0 Å². The van der Waals surface area contributed by atoms with Crippen molar-refractivity contribution in [1.82, 2.24) is 4.90 Å². The van der Waals surface area contributed by atoms with E-state index in [-0.39, 0.29) is 0 Å². The standard InChI is InChI=1S/C13H26N2/c1-2-11-6-7-15(10-11)13-5-3-4-12(8-13)9-14/h11-13H,2-10,14H2,1H3. The molecular weight excluding hydrogens is 184 g/mol. The predicted molar refractivity (Wildman–Crippen MR) is 64.8 cm³/mol. The van der Waals surface area contributed by atoms with Crippen LogP contribution in [0.1, 0.15) is 45.4 Å². The van der Waals surface area contributed by atoms with Gasteiger partial charge in [0.2, 0.25) is 0 Å². The van der Waals surface area contributed by atoms with Gasteiger partial charge in [0.1, 0.15) is 0 Å². The predicted octanol–water partition coefficient (Wildman–Crippen LogP) is 2.24. The van der Waals surface area contributed by atoms with Crippen molar-refractivity contribution in [3.63, 3.8) is 0 Å². The second-order valence-corrected chi connectivity index (χ2v) is 5.48. The minimum absolute atomic E-state index is 0.810. The molecular formula is C13H26N2. The van der Waals surface area contributed by atoms with Crippen molar-refractivity contribution in [2.45, 2.75) is 51.5 Å². The van der Waals surface area contributed by atoms with E-state index in [0.717, 1.165) is 24.4 Å². The maximum atomic E-state index is 5.80. The average molecular weight is 210 g/mol. The lowest BCUT2D eigenvalue weighted by Crippen LogP contribution is -2.38. The van der Waals surface area contributed by atoms with E-state index in [1.165, 1.54) is 51.6 Å². The maximum absolute atomic E-state index is 5.80. The summed E-state index contributed by atoms with van der Waals surface area (Å²) in [5, 5.41) is 0. The monoisotopic (exact) mass is 210 g/mol. The highest BCUT2D eigenvalue weighted by molar-refractivity contribution is 4.85. The van der Waals surface area contributed by atoms with E-state index in [1.807, 2.05) is 0 Å². The van der Waals surface area contributed by atoms with Gasteiger partial charge in [0, 0.05) is 12.6 Å². The fourth-order valence-electron chi connectivity index (χ4n) is 3.34. The first kappa shape index (κ1) is 11.4. The maximum Gasteiger partial charge on any atom is 0.00984 e. The van der Waals surface area contributed by atoms with E-state index in [4.69, 9.17) is 5.73 Å². The highest BCUT2D eigenvalue weighted by atomic mass is 15.2. The molecule has 1 saturated heterocycles. The van der Waals surface area contributed by atoms with Crippen molar-refractivity contribution in [3.8, 4) is 0 Å². The van der Waals surface area contributed by atoms with Crippen molar-refractivity contribution in [2.75, 3.05) is 19.6 Å². The average Bonchev–Trinajstić information content (AvgIpc) is 2.78. The Morgan fingerprint density at radius 1 is 1.20 bits per heavy atom. The van der Waals surface area contributed by atoms with Crippen LogP contribution in [0.3, 0.4) is 0 Å². The molecule has 88 valence electrons. The molecule has 0 aromatic carbocycles. The summed E-state index contributed by atoms with van der Waals surface area (Å²) in [6.07, 6.45) is 8.36. The van der Waals surface area contributed by atoms with Crippen LogP contribution in [0.15, 0.2) is 0 Å². The first-order valence-corrected chi connectivity index (χ1v) is 6.77. The van der Waals surface area contributed by atoms with Crippen LogP contribution in [-0.2, 0) is 0 Å². The number of likely N-dealkylation sites (tertiary alicyclic amines) is 1. The number of hydrogen-bond donors (Lipinski definition) is 1. The Morgan fingerprint density at radius 3 is 2.73 bits per heavy atom. The minimum atomic E-state index is 0.810. The van der Waals surface area contributed by atoms with E-state index in [2.05, 4.69) is 11.8 Å². The summed E-state index contributed by atoms with van der Waals surface area (Å²) in [5.74, 6) is 1.78. The van der Waals surface area contributed by atoms with Gasteiger partial charge in [-0.2, -0.15) is 0 Å². The van der Waals surface area contributed by atoms with Gasteiger partial charge in [-0.3, -0.25) is 0 Å². The molecule has 2 heteroatoms. The molecule has 0 spiro atoms. The molecule has 2 rings (SSSR count). The number of nitrogens with two attached hydrogens (primary N) is 1. The molecule has 1 heterocycles. The molecule has 15 heavy (non-hydrogen) atoms. The second-order valence-electron chi connectivity index (χ2n) is 5.48. The second kappa shape index (κ2) is 5.31. The van der Waals surface area contributed by atoms with E-state index >= 15 is 0 Å². The highest BCUT2D eigenvalue weighted by Crippen LogP contribution is 2.31. The molecule has 0 aromatic rings. The Labute approximate surface area is 94.2 Å². The largest absolute Gasteiger partial charge is 0.330 e. The molecule has 2 fully saturated rings. The molecule has 0 aromatic heterocycles. The minimum Gasteiger partial charge on any atom is -0.330 e. The third-order valence-corrected chi connectivity index (χ3v) is 4.50. The first-order valence-electron chi connectivity index (χ1n) is 6.77. The zero-order valence-electron chi connectivity index (χ0n) is 10.1. The van der Waals surface area contributed by atoms with Gasteiger partial charge in [-0.05, 0) is 50.6 Å². The van der Waals surface area contributed by atoms with Gasteiger partial charge in [0.15, 0.2) is 0 Å². The van der Waals surface area contributed by atoms with Gasteiger partial charge in [-0.25, -0.2) is 0 Å². The number of hydrogen-bond acceptors (Lipinski definition) is 2. The first-order chi connectivity index (χ1) is 7.33. The third-order valence-electron chi connectivity index (χ3n) is 4.50. The Balaban J connectivity index is 1.83. The molecule has 0 bridgehead atoms. The smallest absolute Gasteiger partial charge is 0.00984 e. The molecule has 1 aliphatic heterocycles. The zero-order chi connectivity index (χ0) is 10.7. The molecule has 3 atom stereocenters. The van der Waals surface area contributed by atoms with Crippen LogP contribution in [0.4, 0.5) is 0 Å². The number of rotatable bonds is 3. The summed E-state index contributed by atoms with van der Waals surface area (Å²) in [5.41, 5.74) is 5.80. The summed E-state index contributed by atoms with van der Waals surface area (Å²) in [6.45, 7) is 5.94. The van der Waals surface area contributed by atoms with Gasteiger partial charge in [-0.1, -0.05) is 19.8 Å². The van der Waals surface area contributed by atoms with Gasteiger partial charge in [0.05, 0.1) is 0 Å². The summed E-state index contributed by atoms with van der Waals surface area (Å²) < 4.78 is 0. The van der Waals surface area contributed by atoms with Crippen molar-refractivity contribution in [1.29, 1.82) is 0 Å². The molecule has 0 amide bonds. The summed E-state index contributed by atoms with van der Waals surface area (Å²) in [7, 11) is 0. The molecule has 1 saturated carbocycles. The van der Waals surface area contributed by atoms with Crippen molar-refractivity contribution < 1.29 is 0 Å². The van der Waals surface area contributed by atoms with E-state index in [9.17, 15) is 0 Å².